The Morgan fingerprint density at radius 3 is 2.78 bits per heavy atom. The predicted molar refractivity (Wildman–Crippen MR) is 74.1 cm³/mol. The fourth-order valence-corrected chi connectivity index (χ4v) is 2.55. The summed E-state index contributed by atoms with van der Waals surface area (Å²) in [4.78, 5) is 6.53. The lowest BCUT2D eigenvalue weighted by molar-refractivity contribution is 0.556. The van der Waals surface area contributed by atoms with E-state index in [1.165, 1.54) is 0 Å². The molecule has 0 aliphatic rings. The van der Waals surface area contributed by atoms with E-state index >= 15 is 0 Å². The van der Waals surface area contributed by atoms with Crippen molar-refractivity contribution in [2.75, 3.05) is 16.8 Å². The van der Waals surface area contributed by atoms with Crippen molar-refractivity contribution in [3.63, 3.8) is 0 Å². The Hall–Kier alpha value is -1.24. The van der Waals surface area contributed by atoms with Crippen molar-refractivity contribution in [2.24, 2.45) is 0 Å². The van der Waals surface area contributed by atoms with Gasteiger partial charge in [-0.25, -0.2) is 0 Å². The zero-order valence-electron chi connectivity index (χ0n) is 10.6. The van der Waals surface area contributed by atoms with Gasteiger partial charge in [0, 0.05) is 17.9 Å². The van der Waals surface area contributed by atoms with Crippen molar-refractivity contribution in [1.82, 2.24) is 25.0 Å². The maximum absolute atomic E-state index is 4.22. The molecule has 7 heteroatoms. The lowest BCUT2D eigenvalue weighted by Crippen LogP contribution is -2.37. The maximum Gasteiger partial charge on any atom is 0.199 e. The second kappa shape index (κ2) is 6.08. The van der Waals surface area contributed by atoms with E-state index in [0.717, 1.165) is 30.5 Å². The van der Waals surface area contributed by atoms with Gasteiger partial charge in [-0.1, -0.05) is 29.8 Å². The molecule has 0 N–H and O–H groups in total. The monoisotopic (exact) mass is 312 g/mol. The van der Waals surface area contributed by atoms with Crippen LogP contribution in [-0.4, -0.2) is 42.9 Å². The van der Waals surface area contributed by atoms with Crippen molar-refractivity contribution < 1.29 is 0 Å². The number of aromatic nitrogens is 5. The van der Waals surface area contributed by atoms with E-state index in [2.05, 4.69) is 55.2 Å². The third-order valence-electron chi connectivity index (χ3n) is 3.09. The SMILES string of the molecule is CCC(CC)N(CCBr)c1cncc2nnnn12. The van der Waals surface area contributed by atoms with E-state index in [4.69, 9.17) is 0 Å². The third kappa shape index (κ3) is 2.45. The Morgan fingerprint density at radius 1 is 1.33 bits per heavy atom. The molecule has 6 nitrogen and oxygen atoms in total. The summed E-state index contributed by atoms with van der Waals surface area (Å²) in [6.07, 6.45) is 5.66. The van der Waals surface area contributed by atoms with Gasteiger partial charge in [0.1, 0.15) is 0 Å². The highest BCUT2D eigenvalue weighted by Gasteiger charge is 2.18. The molecule has 18 heavy (non-hydrogen) atoms. The van der Waals surface area contributed by atoms with Gasteiger partial charge < -0.3 is 4.90 Å². The summed E-state index contributed by atoms with van der Waals surface area (Å²) < 4.78 is 1.74. The van der Waals surface area contributed by atoms with Gasteiger partial charge in [-0.3, -0.25) is 4.98 Å². The smallest absolute Gasteiger partial charge is 0.199 e. The average molecular weight is 313 g/mol. The van der Waals surface area contributed by atoms with Crippen LogP contribution in [0.2, 0.25) is 0 Å². The molecule has 0 amide bonds. The highest BCUT2D eigenvalue weighted by Crippen LogP contribution is 2.19. The fourth-order valence-electron chi connectivity index (χ4n) is 2.16. The summed E-state index contributed by atoms with van der Waals surface area (Å²) in [5.41, 5.74) is 0.679. The summed E-state index contributed by atoms with van der Waals surface area (Å²) in [6.45, 7) is 5.30. The highest BCUT2D eigenvalue weighted by molar-refractivity contribution is 9.09. The molecular formula is C11H17BrN6. The number of tetrazole rings is 1. The number of halogens is 1. The summed E-state index contributed by atoms with van der Waals surface area (Å²) >= 11 is 3.51. The molecule has 0 saturated carbocycles. The van der Waals surface area contributed by atoms with E-state index in [-0.39, 0.29) is 0 Å². The van der Waals surface area contributed by atoms with E-state index in [1.807, 2.05) is 6.20 Å². The molecule has 2 aromatic heterocycles. The number of nitrogens with zero attached hydrogens (tertiary/aromatic N) is 6. The van der Waals surface area contributed by atoms with E-state index in [1.54, 1.807) is 10.7 Å². The molecule has 0 unspecified atom stereocenters. The molecule has 98 valence electrons. The summed E-state index contributed by atoms with van der Waals surface area (Å²) in [7, 11) is 0. The van der Waals surface area contributed by atoms with Crippen LogP contribution in [0.3, 0.4) is 0 Å². The zero-order chi connectivity index (χ0) is 13.0. The summed E-state index contributed by atoms with van der Waals surface area (Å²) in [6, 6.07) is 0.471. The lowest BCUT2D eigenvalue weighted by Gasteiger charge is -2.31. The second-order valence-electron chi connectivity index (χ2n) is 4.07. The highest BCUT2D eigenvalue weighted by atomic mass is 79.9. The number of anilines is 1. The summed E-state index contributed by atoms with van der Waals surface area (Å²) in [5, 5.41) is 12.6. The van der Waals surface area contributed by atoms with Crippen LogP contribution in [0, 0.1) is 0 Å². The van der Waals surface area contributed by atoms with Crippen LogP contribution in [0.25, 0.3) is 5.65 Å². The first-order valence-corrected chi connectivity index (χ1v) is 7.28. The largest absolute Gasteiger partial charge is 0.351 e. The number of rotatable bonds is 6. The van der Waals surface area contributed by atoms with Crippen molar-refractivity contribution in [3.05, 3.63) is 12.4 Å². The molecule has 0 bridgehead atoms. The lowest BCUT2D eigenvalue weighted by atomic mass is 10.1. The van der Waals surface area contributed by atoms with Gasteiger partial charge in [0.25, 0.3) is 0 Å². The van der Waals surface area contributed by atoms with Crippen LogP contribution in [0.4, 0.5) is 5.82 Å². The summed E-state index contributed by atoms with van der Waals surface area (Å²) in [5.74, 6) is 0.950. The van der Waals surface area contributed by atoms with Crippen LogP contribution < -0.4 is 4.90 Å². The molecule has 2 aromatic rings. The maximum atomic E-state index is 4.22. The predicted octanol–water partition coefficient (Wildman–Crippen LogP) is 1.91. The Labute approximate surface area is 115 Å². The molecule has 0 radical (unpaired) electrons. The zero-order valence-corrected chi connectivity index (χ0v) is 12.2. The topological polar surface area (TPSA) is 59.2 Å². The van der Waals surface area contributed by atoms with Gasteiger partial charge in [0.05, 0.1) is 12.4 Å². The minimum absolute atomic E-state index is 0.471. The minimum Gasteiger partial charge on any atom is -0.351 e. The van der Waals surface area contributed by atoms with Crippen molar-refractivity contribution in [1.29, 1.82) is 0 Å². The van der Waals surface area contributed by atoms with Gasteiger partial charge in [-0.15, -0.1) is 5.10 Å². The Morgan fingerprint density at radius 2 is 2.11 bits per heavy atom. The second-order valence-corrected chi connectivity index (χ2v) is 4.86. The molecule has 2 heterocycles. The Bertz CT molecular complexity index is 495. The first-order valence-electron chi connectivity index (χ1n) is 6.16. The number of hydrogen-bond donors (Lipinski definition) is 0. The normalized spacial score (nSPS) is 11.3. The third-order valence-corrected chi connectivity index (χ3v) is 3.45. The molecule has 2 rings (SSSR count). The van der Waals surface area contributed by atoms with Crippen molar-refractivity contribution in [3.8, 4) is 0 Å². The molecule has 0 saturated heterocycles. The molecule has 0 aliphatic carbocycles. The van der Waals surface area contributed by atoms with Gasteiger partial charge in [0.15, 0.2) is 11.5 Å². The molecule has 0 aromatic carbocycles. The molecule has 0 atom stereocenters. The number of hydrogen-bond acceptors (Lipinski definition) is 5. The van der Waals surface area contributed by atoms with E-state index < -0.39 is 0 Å². The van der Waals surface area contributed by atoms with Crippen molar-refractivity contribution >= 4 is 27.4 Å². The van der Waals surface area contributed by atoms with Gasteiger partial charge >= 0.3 is 0 Å². The van der Waals surface area contributed by atoms with E-state index in [9.17, 15) is 0 Å². The van der Waals surface area contributed by atoms with Gasteiger partial charge in [-0.2, -0.15) is 4.52 Å². The first kappa shape index (κ1) is 13.2. The van der Waals surface area contributed by atoms with Crippen molar-refractivity contribution in [2.45, 2.75) is 32.7 Å². The van der Waals surface area contributed by atoms with E-state index in [0.29, 0.717) is 11.7 Å². The van der Waals surface area contributed by atoms with Crippen LogP contribution in [0.5, 0.6) is 0 Å². The van der Waals surface area contributed by atoms with Gasteiger partial charge in [0.2, 0.25) is 0 Å². The quantitative estimate of drug-likeness (QED) is 0.763. The Kier molecular flexibility index (Phi) is 4.46. The van der Waals surface area contributed by atoms with Crippen LogP contribution in [0.1, 0.15) is 26.7 Å². The molecule has 0 aliphatic heterocycles. The standard InChI is InChI=1S/C11H17BrN6/c1-3-9(4-2)17(6-5-12)11-8-13-7-10-14-15-16-18(10)11/h7-9H,3-6H2,1-2H3. The minimum atomic E-state index is 0.471. The molecule has 0 fully saturated rings. The number of fused-ring (bicyclic) bond motifs is 1. The van der Waals surface area contributed by atoms with Crippen LogP contribution >= 0.6 is 15.9 Å². The molecular weight excluding hydrogens is 296 g/mol. The first-order chi connectivity index (χ1) is 8.81. The number of alkyl halides is 1. The van der Waals surface area contributed by atoms with Gasteiger partial charge in [-0.05, 0) is 23.3 Å². The Balaban J connectivity index is 2.43. The molecule has 0 spiro atoms. The van der Waals surface area contributed by atoms with Crippen LogP contribution in [-0.2, 0) is 0 Å². The fraction of sp³-hybridized carbons (Fsp3) is 0.636. The van der Waals surface area contributed by atoms with Crippen LogP contribution in [0.15, 0.2) is 12.4 Å². The average Bonchev–Trinajstić information content (AvgIpc) is 2.87.